The van der Waals surface area contributed by atoms with Crippen molar-refractivity contribution in [2.45, 2.75) is 33.4 Å². The van der Waals surface area contributed by atoms with E-state index in [2.05, 4.69) is 18.9 Å². The molecule has 1 rings (SSSR count). The molecule has 0 bridgehead atoms. The second-order valence-electron chi connectivity index (χ2n) is 3.29. The van der Waals surface area contributed by atoms with E-state index >= 15 is 0 Å². The summed E-state index contributed by atoms with van der Waals surface area (Å²) in [7, 11) is 0. The quantitative estimate of drug-likeness (QED) is 0.736. The Morgan fingerprint density at radius 1 is 1.67 bits per heavy atom. The molecule has 0 aliphatic carbocycles. The molecule has 1 aromatic heterocycles. The summed E-state index contributed by atoms with van der Waals surface area (Å²) in [5, 5.41) is 4.21. The third kappa shape index (κ3) is 2.34. The van der Waals surface area contributed by atoms with Crippen molar-refractivity contribution in [3.05, 3.63) is 18.0 Å². The summed E-state index contributed by atoms with van der Waals surface area (Å²) in [6, 6.07) is 0. The fourth-order valence-corrected chi connectivity index (χ4v) is 1.06. The minimum atomic E-state index is 0.584. The van der Waals surface area contributed by atoms with Crippen LogP contribution in [0.3, 0.4) is 0 Å². The maximum absolute atomic E-state index is 5.47. The van der Waals surface area contributed by atoms with Gasteiger partial charge in [0.1, 0.15) is 0 Å². The van der Waals surface area contributed by atoms with Crippen LogP contribution in [0.25, 0.3) is 0 Å². The van der Waals surface area contributed by atoms with Gasteiger partial charge in [0.15, 0.2) is 0 Å². The molecule has 0 aliphatic heterocycles. The molecule has 1 heterocycles. The summed E-state index contributed by atoms with van der Waals surface area (Å²) in [4.78, 5) is 0. The van der Waals surface area contributed by atoms with Crippen LogP contribution in [0, 0.1) is 5.92 Å². The van der Waals surface area contributed by atoms with E-state index in [1.165, 1.54) is 6.42 Å². The molecule has 68 valence electrons. The van der Waals surface area contributed by atoms with Gasteiger partial charge in [0, 0.05) is 24.8 Å². The van der Waals surface area contributed by atoms with Gasteiger partial charge in [-0.3, -0.25) is 4.68 Å². The first-order chi connectivity index (χ1) is 5.76. The molecule has 0 aromatic carbocycles. The molecule has 0 fully saturated rings. The fourth-order valence-electron chi connectivity index (χ4n) is 1.06. The summed E-state index contributed by atoms with van der Waals surface area (Å²) in [6.07, 6.45) is 5.05. The Hall–Kier alpha value is -0.830. The van der Waals surface area contributed by atoms with E-state index in [1.807, 2.05) is 17.1 Å². The first-order valence-corrected chi connectivity index (χ1v) is 4.47. The number of aromatic nitrogens is 2. The van der Waals surface area contributed by atoms with E-state index in [0.29, 0.717) is 12.5 Å². The van der Waals surface area contributed by atoms with E-state index in [-0.39, 0.29) is 0 Å². The summed E-state index contributed by atoms with van der Waals surface area (Å²) < 4.78 is 1.97. The van der Waals surface area contributed by atoms with Crippen molar-refractivity contribution in [1.29, 1.82) is 0 Å². The fraction of sp³-hybridized carbons (Fsp3) is 0.667. The predicted molar refractivity (Wildman–Crippen MR) is 49.6 cm³/mol. The molecule has 2 N–H and O–H groups in total. The molecule has 3 nitrogen and oxygen atoms in total. The first kappa shape index (κ1) is 9.26. The van der Waals surface area contributed by atoms with Crippen LogP contribution in [0.1, 0.15) is 25.8 Å². The van der Waals surface area contributed by atoms with Crippen LogP contribution in [0.4, 0.5) is 0 Å². The van der Waals surface area contributed by atoms with Gasteiger partial charge in [0.25, 0.3) is 0 Å². The zero-order chi connectivity index (χ0) is 8.97. The molecule has 1 aromatic rings. The monoisotopic (exact) mass is 167 g/mol. The summed E-state index contributed by atoms with van der Waals surface area (Å²) in [5.74, 6) is 0.690. The number of nitrogens with two attached hydrogens (primary N) is 1. The van der Waals surface area contributed by atoms with E-state index in [0.717, 1.165) is 12.1 Å². The van der Waals surface area contributed by atoms with Gasteiger partial charge in [-0.1, -0.05) is 20.3 Å². The van der Waals surface area contributed by atoms with Crippen LogP contribution in [-0.4, -0.2) is 9.78 Å². The summed E-state index contributed by atoms with van der Waals surface area (Å²) >= 11 is 0. The number of nitrogens with zero attached hydrogens (tertiary/aromatic N) is 2. The van der Waals surface area contributed by atoms with Crippen LogP contribution in [0.15, 0.2) is 12.4 Å². The molecule has 0 amide bonds. The average Bonchev–Trinajstić information content (AvgIpc) is 2.52. The third-order valence-corrected chi connectivity index (χ3v) is 2.12. The van der Waals surface area contributed by atoms with Crippen LogP contribution in [0.2, 0.25) is 0 Å². The lowest BCUT2D eigenvalue weighted by molar-refractivity contribution is 0.439. The van der Waals surface area contributed by atoms with E-state index in [4.69, 9.17) is 5.73 Å². The number of hydrogen-bond acceptors (Lipinski definition) is 2. The van der Waals surface area contributed by atoms with Gasteiger partial charge >= 0.3 is 0 Å². The van der Waals surface area contributed by atoms with Gasteiger partial charge in [-0.15, -0.1) is 0 Å². The molecule has 0 aliphatic rings. The Kier molecular flexibility index (Phi) is 3.29. The Balaban J connectivity index is 2.52. The average molecular weight is 167 g/mol. The summed E-state index contributed by atoms with van der Waals surface area (Å²) in [6.45, 7) is 6.00. The van der Waals surface area contributed by atoms with Crippen molar-refractivity contribution >= 4 is 0 Å². The van der Waals surface area contributed by atoms with Gasteiger partial charge in [0.2, 0.25) is 0 Å². The topological polar surface area (TPSA) is 43.8 Å². The molecule has 0 spiro atoms. The molecule has 0 unspecified atom stereocenters. The molecular weight excluding hydrogens is 150 g/mol. The van der Waals surface area contributed by atoms with Gasteiger partial charge in [-0.25, -0.2) is 0 Å². The van der Waals surface area contributed by atoms with Gasteiger partial charge in [0.05, 0.1) is 6.20 Å². The first-order valence-electron chi connectivity index (χ1n) is 4.47. The smallest absolute Gasteiger partial charge is 0.0534 e. The standard InChI is InChI=1S/C9H17N3/c1-3-8(2)6-12-7-9(4-10)5-11-12/h5,7-8H,3-4,6,10H2,1-2H3/t8-/m0/s1. The lowest BCUT2D eigenvalue weighted by Crippen LogP contribution is -2.06. The van der Waals surface area contributed by atoms with Crippen molar-refractivity contribution in [1.82, 2.24) is 9.78 Å². The Morgan fingerprint density at radius 2 is 2.42 bits per heavy atom. The normalized spacial score (nSPS) is 13.2. The van der Waals surface area contributed by atoms with Crippen LogP contribution in [0.5, 0.6) is 0 Å². The van der Waals surface area contributed by atoms with Crippen molar-refractivity contribution in [3.8, 4) is 0 Å². The second-order valence-corrected chi connectivity index (χ2v) is 3.29. The Labute approximate surface area is 73.6 Å². The van der Waals surface area contributed by atoms with E-state index < -0.39 is 0 Å². The Morgan fingerprint density at radius 3 is 2.92 bits per heavy atom. The van der Waals surface area contributed by atoms with Crippen molar-refractivity contribution in [2.24, 2.45) is 11.7 Å². The van der Waals surface area contributed by atoms with Gasteiger partial charge in [-0.2, -0.15) is 5.10 Å². The maximum atomic E-state index is 5.47. The molecule has 0 saturated carbocycles. The number of rotatable bonds is 4. The highest BCUT2D eigenvalue weighted by Gasteiger charge is 2.01. The van der Waals surface area contributed by atoms with E-state index in [9.17, 15) is 0 Å². The highest BCUT2D eigenvalue weighted by Crippen LogP contribution is 2.05. The molecule has 0 radical (unpaired) electrons. The molecule has 12 heavy (non-hydrogen) atoms. The Bertz CT molecular complexity index is 229. The SMILES string of the molecule is CC[C@H](C)Cn1cc(CN)cn1. The lowest BCUT2D eigenvalue weighted by atomic mass is 10.1. The second kappa shape index (κ2) is 4.26. The van der Waals surface area contributed by atoms with Crippen LogP contribution >= 0.6 is 0 Å². The van der Waals surface area contributed by atoms with Crippen molar-refractivity contribution in [2.75, 3.05) is 0 Å². The van der Waals surface area contributed by atoms with Crippen molar-refractivity contribution < 1.29 is 0 Å². The van der Waals surface area contributed by atoms with Crippen LogP contribution < -0.4 is 5.73 Å². The highest BCUT2D eigenvalue weighted by atomic mass is 15.3. The molecule has 3 heteroatoms. The van der Waals surface area contributed by atoms with Gasteiger partial charge in [-0.05, 0) is 5.92 Å². The van der Waals surface area contributed by atoms with Crippen molar-refractivity contribution in [3.63, 3.8) is 0 Å². The van der Waals surface area contributed by atoms with Crippen LogP contribution in [-0.2, 0) is 13.1 Å². The predicted octanol–water partition coefficient (Wildman–Crippen LogP) is 1.39. The third-order valence-electron chi connectivity index (χ3n) is 2.12. The van der Waals surface area contributed by atoms with Gasteiger partial charge < -0.3 is 5.73 Å². The number of hydrogen-bond donors (Lipinski definition) is 1. The maximum Gasteiger partial charge on any atom is 0.0534 e. The summed E-state index contributed by atoms with van der Waals surface area (Å²) in [5.41, 5.74) is 6.58. The lowest BCUT2D eigenvalue weighted by Gasteiger charge is -2.07. The largest absolute Gasteiger partial charge is 0.326 e. The van der Waals surface area contributed by atoms with E-state index in [1.54, 1.807) is 0 Å². The minimum Gasteiger partial charge on any atom is -0.326 e. The molecule has 0 saturated heterocycles. The highest BCUT2D eigenvalue weighted by molar-refractivity contribution is 5.02. The zero-order valence-corrected chi connectivity index (χ0v) is 7.83. The molecular formula is C9H17N3. The molecule has 1 atom stereocenters. The minimum absolute atomic E-state index is 0.584. The zero-order valence-electron chi connectivity index (χ0n) is 7.83.